The van der Waals surface area contributed by atoms with Crippen LogP contribution in [0.4, 0.5) is 16.9 Å². The van der Waals surface area contributed by atoms with E-state index >= 15 is 0 Å². The highest BCUT2D eigenvalue weighted by molar-refractivity contribution is 7.15. The van der Waals surface area contributed by atoms with E-state index in [1.54, 1.807) is 0 Å². The summed E-state index contributed by atoms with van der Waals surface area (Å²) in [6, 6.07) is 2.35. The van der Waals surface area contributed by atoms with Gasteiger partial charge in [0.15, 0.2) is 5.13 Å². The Labute approximate surface area is 163 Å². The summed E-state index contributed by atoms with van der Waals surface area (Å²) in [5, 5.41) is 4.74. The summed E-state index contributed by atoms with van der Waals surface area (Å²) in [7, 11) is 0. The number of hydrogen-bond donors (Lipinski definition) is 1. The van der Waals surface area contributed by atoms with E-state index in [9.17, 15) is 0 Å². The lowest BCUT2D eigenvalue weighted by molar-refractivity contribution is 0.122. The summed E-state index contributed by atoms with van der Waals surface area (Å²) in [4.78, 5) is 20.3. The predicted molar refractivity (Wildman–Crippen MR) is 108 cm³/mol. The maximum Gasteiger partial charge on any atom is 0.224 e. The second-order valence-corrected chi connectivity index (χ2v) is 8.55. The Morgan fingerprint density at radius 1 is 1.07 bits per heavy atom. The summed E-state index contributed by atoms with van der Waals surface area (Å²) in [5.41, 5.74) is 1.35. The molecule has 144 valence electrons. The van der Waals surface area contributed by atoms with Gasteiger partial charge >= 0.3 is 0 Å². The second-order valence-electron chi connectivity index (χ2n) is 7.49. The summed E-state index contributed by atoms with van der Waals surface area (Å²) in [5.74, 6) is 1.71. The van der Waals surface area contributed by atoms with Crippen LogP contribution in [0.5, 0.6) is 0 Å². The molecule has 0 saturated carbocycles. The van der Waals surface area contributed by atoms with Gasteiger partial charge in [0.2, 0.25) is 5.95 Å². The van der Waals surface area contributed by atoms with Gasteiger partial charge < -0.3 is 19.9 Å². The lowest BCUT2D eigenvalue weighted by Gasteiger charge is -2.28. The number of aromatic nitrogens is 3. The van der Waals surface area contributed by atoms with Crippen LogP contribution in [0.1, 0.15) is 29.8 Å². The Hall–Kier alpha value is -1.93. The van der Waals surface area contributed by atoms with Gasteiger partial charge in [-0.25, -0.2) is 9.97 Å². The number of rotatable bonds is 4. The lowest BCUT2D eigenvalue weighted by Crippen LogP contribution is -2.37. The third kappa shape index (κ3) is 3.73. The van der Waals surface area contributed by atoms with E-state index in [2.05, 4.69) is 20.1 Å². The minimum atomic E-state index is 0.367. The molecule has 7 nitrogen and oxygen atoms in total. The number of hydrogen-bond acceptors (Lipinski definition) is 8. The van der Waals surface area contributed by atoms with Crippen molar-refractivity contribution in [1.29, 1.82) is 0 Å². The van der Waals surface area contributed by atoms with Crippen LogP contribution in [0, 0.1) is 0 Å². The number of nitrogens with one attached hydrogen (secondary N) is 1. The van der Waals surface area contributed by atoms with Gasteiger partial charge in [0, 0.05) is 43.3 Å². The molecule has 1 atom stereocenters. The van der Waals surface area contributed by atoms with Crippen LogP contribution >= 0.6 is 11.3 Å². The van der Waals surface area contributed by atoms with Gasteiger partial charge in [-0.1, -0.05) is 0 Å². The summed E-state index contributed by atoms with van der Waals surface area (Å²) in [6.45, 7) is 5.33. The van der Waals surface area contributed by atoms with Crippen molar-refractivity contribution in [2.75, 3.05) is 54.5 Å². The van der Waals surface area contributed by atoms with E-state index in [1.807, 2.05) is 23.6 Å². The van der Waals surface area contributed by atoms with Crippen LogP contribution in [0.15, 0.2) is 12.3 Å². The lowest BCUT2D eigenvalue weighted by atomic mass is 10.0. The first-order valence-corrected chi connectivity index (χ1v) is 10.8. The van der Waals surface area contributed by atoms with Gasteiger partial charge in [0.1, 0.15) is 5.82 Å². The maximum absolute atomic E-state index is 5.43. The summed E-state index contributed by atoms with van der Waals surface area (Å²) >= 11 is 1.90. The molecule has 2 saturated heterocycles. The number of aryl methyl sites for hydroxylation is 2. The molecular formula is C19H26N6OS. The van der Waals surface area contributed by atoms with Crippen molar-refractivity contribution in [2.45, 2.75) is 38.1 Å². The van der Waals surface area contributed by atoms with Crippen molar-refractivity contribution >= 4 is 28.2 Å². The third-order valence-corrected chi connectivity index (χ3v) is 6.82. The second kappa shape index (κ2) is 7.59. The molecule has 2 aromatic rings. The zero-order valence-corrected chi connectivity index (χ0v) is 16.4. The quantitative estimate of drug-likeness (QED) is 0.865. The van der Waals surface area contributed by atoms with E-state index in [0.29, 0.717) is 6.04 Å². The molecule has 2 fully saturated rings. The van der Waals surface area contributed by atoms with Crippen LogP contribution in [0.3, 0.4) is 0 Å². The molecule has 1 N–H and O–H groups in total. The van der Waals surface area contributed by atoms with Crippen LogP contribution in [0.25, 0.3) is 0 Å². The Bertz CT molecular complexity index is 767. The molecule has 1 unspecified atom stereocenters. The number of anilines is 3. The highest BCUT2D eigenvalue weighted by Gasteiger charge is 2.27. The normalized spacial score (nSPS) is 22.7. The van der Waals surface area contributed by atoms with E-state index in [4.69, 9.17) is 14.7 Å². The molecule has 0 aromatic carbocycles. The maximum atomic E-state index is 5.43. The van der Waals surface area contributed by atoms with E-state index in [0.717, 1.165) is 64.0 Å². The molecule has 5 rings (SSSR count). The topological polar surface area (TPSA) is 66.4 Å². The van der Waals surface area contributed by atoms with Crippen molar-refractivity contribution in [1.82, 2.24) is 15.0 Å². The van der Waals surface area contributed by atoms with Crippen LogP contribution < -0.4 is 15.1 Å². The third-order valence-electron chi connectivity index (χ3n) is 5.60. The number of ether oxygens (including phenoxy) is 1. The van der Waals surface area contributed by atoms with Crippen molar-refractivity contribution in [3.05, 3.63) is 22.8 Å². The standard InChI is InChI=1S/C19H26N6OS/c1-2-4-16-15(3-1)22-19(27-16)25-8-6-14(13-25)21-18-20-7-5-17(23-18)24-9-11-26-12-10-24/h5,7,14H,1-4,6,8-13H2,(H,20,21,23). The number of morpholine rings is 1. The summed E-state index contributed by atoms with van der Waals surface area (Å²) < 4.78 is 5.43. The Kier molecular flexibility index (Phi) is 4.83. The largest absolute Gasteiger partial charge is 0.378 e. The molecule has 0 spiro atoms. The fraction of sp³-hybridized carbons (Fsp3) is 0.632. The zero-order valence-electron chi connectivity index (χ0n) is 15.6. The molecule has 8 heteroatoms. The molecule has 4 heterocycles. The van der Waals surface area contributed by atoms with Gasteiger partial charge in [-0.05, 0) is 38.2 Å². The van der Waals surface area contributed by atoms with E-state index in [-0.39, 0.29) is 0 Å². The molecule has 0 radical (unpaired) electrons. The van der Waals surface area contributed by atoms with Crippen LogP contribution in [0.2, 0.25) is 0 Å². The Morgan fingerprint density at radius 3 is 2.85 bits per heavy atom. The smallest absolute Gasteiger partial charge is 0.224 e. The number of fused-ring (bicyclic) bond motifs is 1. The summed E-state index contributed by atoms with van der Waals surface area (Å²) in [6.07, 6.45) is 7.91. The SMILES string of the molecule is c1cc(N2CCOCC2)nc(NC2CCN(c3nc4c(s3)CCCC4)C2)n1. The first-order chi connectivity index (χ1) is 13.3. The molecule has 27 heavy (non-hydrogen) atoms. The van der Waals surface area contributed by atoms with Crippen LogP contribution in [-0.4, -0.2) is 60.4 Å². The molecule has 2 aromatic heterocycles. The number of thiazole rings is 1. The van der Waals surface area contributed by atoms with Crippen molar-refractivity contribution in [3.8, 4) is 0 Å². The fourth-order valence-electron chi connectivity index (χ4n) is 4.10. The average Bonchev–Trinajstić information content (AvgIpc) is 3.35. The zero-order chi connectivity index (χ0) is 18.1. The van der Waals surface area contributed by atoms with E-state index < -0.39 is 0 Å². The first kappa shape index (κ1) is 17.2. The predicted octanol–water partition coefficient (Wildman–Crippen LogP) is 2.34. The van der Waals surface area contributed by atoms with Crippen molar-refractivity contribution < 1.29 is 4.74 Å². The molecule has 0 amide bonds. The Morgan fingerprint density at radius 2 is 1.96 bits per heavy atom. The van der Waals surface area contributed by atoms with E-state index in [1.165, 1.54) is 35.0 Å². The Balaban J connectivity index is 1.23. The van der Waals surface area contributed by atoms with Gasteiger partial charge in [0.05, 0.1) is 18.9 Å². The molecule has 0 bridgehead atoms. The number of nitrogens with zero attached hydrogens (tertiary/aromatic N) is 5. The highest BCUT2D eigenvalue weighted by atomic mass is 32.1. The monoisotopic (exact) mass is 386 g/mol. The van der Waals surface area contributed by atoms with Gasteiger partial charge in [-0.3, -0.25) is 0 Å². The highest BCUT2D eigenvalue weighted by Crippen LogP contribution is 2.33. The van der Waals surface area contributed by atoms with Gasteiger partial charge in [-0.15, -0.1) is 11.3 Å². The molecule has 3 aliphatic rings. The first-order valence-electron chi connectivity index (χ1n) is 10.0. The molecule has 1 aliphatic carbocycles. The fourth-order valence-corrected chi connectivity index (χ4v) is 5.28. The van der Waals surface area contributed by atoms with Gasteiger partial charge in [0.25, 0.3) is 0 Å². The van der Waals surface area contributed by atoms with Crippen LogP contribution in [-0.2, 0) is 17.6 Å². The molecule has 2 aliphatic heterocycles. The minimum Gasteiger partial charge on any atom is -0.378 e. The van der Waals surface area contributed by atoms with Crippen molar-refractivity contribution in [3.63, 3.8) is 0 Å². The molecular weight excluding hydrogens is 360 g/mol. The van der Waals surface area contributed by atoms with Crippen molar-refractivity contribution in [2.24, 2.45) is 0 Å². The van der Waals surface area contributed by atoms with Gasteiger partial charge in [-0.2, -0.15) is 4.98 Å². The average molecular weight is 387 g/mol. The minimum absolute atomic E-state index is 0.367.